The molecule has 0 aromatic heterocycles. The summed E-state index contributed by atoms with van der Waals surface area (Å²) < 4.78 is 72.4. The molecule has 0 spiro atoms. The molecule has 1 fully saturated rings. The first-order valence-electron chi connectivity index (χ1n) is 8.40. The van der Waals surface area contributed by atoms with Crippen molar-refractivity contribution in [3.63, 3.8) is 0 Å². The smallest absolute Gasteiger partial charge is 0.378 e. The highest BCUT2D eigenvalue weighted by Gasteiger charge is 2.33. The Kier molecular flexibility index (Phi) is 5.66. The fraction of sp³-hybridized carbons (Fsp3) is 0.294. The number of nitrogens with one attached hydrogen (secondary N) is 1. The maximum atomic E-state index is 13.2. The third-order valence-electron chi connectivity index (χ3n) is 4.27. The SMILES string of the molecule is O=[N+]([O-])c1ccccc1S(=O)(=O)Nc1cc(C(F)(F)F)ccc1N1CCOCC1. The van der Waals surface area contributed by atoms with Gasteiger partial charge in [0.2, 0.25) is 0 Å². The van der Waals surface area contributed by atoms with Crippen LogP contribution < -0.4 is 9.62 Å². The van der Waals surface area contributed by atoms with Crippen LogP contribution >= 0.6 is 0 Å². The first-order valence-corrected chi connectivity index (χ1v) is 9.88. The normalized spacial score (nSPS) is 15.2. The van der Waals surface area contributed by atoms with Crippen LogP contribution in [0.1, 0.15) is 5.56 Å². The van der Waals surface area contributed by atoms with Crippen molar-refractivity contribution in [1.82, 2.24) is 0 Å². The molecule has 0 saturated carbocycles. The monoisotopic (exact) mass is 431 g/mol. The predicted molar refractivity (Wildman–Crippen MR) is 98.4 cm³/mol. The number of anilines is 2. The number of ether oxygens (including phenoxy) is 1. The molecular formula is C17H16F3N3O5S. The van der Waals surface area contributed by atoms with Gasteiger partial charge in [-0.05, 0) is 24.3 Å². The van der Waals surface area contributed by atoms with E-state index in [1.807, 2.05) is 0 Å². The minimum absolute atomic E-state index is 0.225. The molecule has 0 unspecified atom stereocenters. The summed E-state index contributed by atoms with van der Waals surface area (Å²) in [6, 6.07) is 7.30. The largest absolute Gasteiger partial charge is 0.416 e. The molecule has 1 heterocycles. The highest BCUT2D eigenvalue weighted by Crippen LogP contribution is 2.37. The first-order chi connectivity index (χ1) is 13.6. The molecule has 0 atom stereocenters. The average molecular weight is 431 g/mol. The molecule has 0 radical (unpaired) electrons. The second-order valence-electron chi connectivity index (χ2n) is 6.16. The summed E-state index contributed by atoms with van der Waals surface area (Å²) in [7, 11) is -4.53. The van der Waals surface area contributed by atoms with Gasteiger partial charge < -0.3 is 9.64 Å². The van der Waals surface area contributed by atoms with Crippen LogP contribution in [0.25, 0.3) is 0 Å². The Morgan fingerprint density at radius 1 is 1.10 bits per heavy atom. The number of rotatable bonds is 5. The van der Waals surface area contributed by atoms with E-state index in [-0.39, 0.29) is 11.4 Å². The predicted octanol–water partition coefficient (Wildman–Crippen LogP) is 3.25. The molecule has 29 heavy (non-hydrogen) atoms. The molecule has 1 saturated heterocycles. The minimum Gasteiger partial charge on any atom is -0.378 e. The van der Waals surface area contributed by atoms with Crippen molar-refractivity contribution in [3.8, 4) is 0 Å². The highest BCUT2D eigenvalue weighted by atomic mass is 32.2. The van der Waals surface area contributed by atoms with Gasteiger partial charge in [0.25, 0.3) is 15.7 Å². The fourth-order valence-corrected chi connectivity index (χ4v) is 4.15. The second-order valence-corrected chi connectivity index (χ2v) is 7.81. The van der Waals surface area contributed by atoms with Gasteiger partial charge in [0.15, 0.2) is 4.90 Å². The number of para-hydroxylation sites is 1. The van der Waals surface area contributed by atoms with Crippen LogP contribution in [0.15, 0.2) is 47.4 Å². The maximum Gasteiger partial charge on any atom is 0.416 e. The molecule has 1 N–H and O–H groups in total. The van der Waals surface area contributed by atoms with Crippen LogP contribution in [0, 0.1) is 10.1 Å². The average Bonchev–Trinajstić information content (AvgIpc) is 2.67. The topological polar surface area (TPSA) is 102 Å². The van der Waals surface area contributed by atoms with Crippen LogP contribution in [0.2, 0.25) is 0 Å². The zero-order chi connectivity index (χ0) is 21.2. The van der Waals surface area contributed by atoms with Gasteiger partial charge in [-0.3, -0.25) is 14.8 Å². The fourth-order valence-electron chi connectivity index (χ4n) is 2.91. The maximum absolute atomic E-state index is 13.2. The number of benzene rings is 2. The molecule has 0 amide bonds. The highest BCUT2D eigenvalue weighted by molar-refractivity contribution is 7.92. The lowest BCUT2D eigenvalue weighted by Crippen LogP contribution is -2.36. The number of morpholine rings is 1. The van der Waals surface area contributed by atoms with Crippen LogP contribution in [0.5, 0.6) is 0 Å². The van der Waals surface area contributed by atoms with Crippen LogP contribution in [-0.4, -0.2) is 39.6 Å². The number of sulfonamides is 1. The number of alkyl halides is 3. The summed E-state index contributed by atoms with van der Waals surface area (Å²) in [4.78, 5) is 11.3. The molecule has 1 aliphatic rings. The Morgan fingerprint density at radius 2 is 1.76 bits per heavy atom. The Labute approximate surface area is 164 Å². The van der Waals surface area contributed by atoms with Gasteiger partial charge in [-0.15, -0.1) is 0 Å². The third-order valence-corrected chi connectivity index (χ3v) is 5.68. The molecule has 3 rings (SSSR count). The quantitative estimate of drug-likeness (QED) is 0.576. The zero-order valence-electron chi connectivity index (χ0n) is 14.8. The van der Waals surface area contributed by atoms with Crippen molar-refractivity contribution in [2.75, 3.05) is 35.9 Å². The van der Waals surface area contributed by atoms with E-state index in [2.05, 4.69) is 4.72 Å². The number of halogens is 3. The molecule has 12 heteroatoms. The Hall–Kier alpha value is -2.86. The lowest BCUT2D eigenvalue weighted by molar-refractivity contribution is -0.387. The number of hydrogen-bond donors (Lipinski definition) is 1. The van der Waals surface area contributed by atoms with Gasteiger partial charge in [0.05, 0.1) is 35.1 Å². The molecule has 2 aromatic rings. The lowest BCUT2D eigenvalue weighted by atomic mass is 10.1. The van der Waals surface area contributed by atoms with Gasteiger partial charge in [-0.1, -0.05) is 12.1 Å². The summed E-state index contributed by atoms with van der Waals surface area (Å²) in [5.41, 5.74) is -1.82. The van der Waals surface area contributed by atoms with Crippen LogP contribution in [-0.2, 0) is 20.9 Å². The number of nitro groups is 1. The summed E-state index contributed by atoms with van der Waals surface area (Å²) in [5.74, 6) is 0. The number of nitrogens with zero attached hydrogens (tertiary/aromatic N) is 2. The van der Waals surface area contributed by atoms with E-state index in [0.29, 0.717) is 32.4 Å². The van der Waals surface area contributed by atoms with Crippen molar-refractivity contribution < 1.29 is 31.2 Å². The molecule has 2 aromatic carbocycles. The van der Waals surface area contributed by atoms with Crippen molar-refractivity contribution in [3.05, 3.63) is 58.1 Å². The van der Waals surface area contributed by atoms with Gasteiger partial charge >= 0.3 is 6.18 Å². The van der Waals surface area contributed by atoms with Gasteiger partial charge in [0, 0.05) is 19.2 Å². The molecule has 8 nitrogen and oxygen atoms in total. The Morgan fingerprint density at radius 3 is 2.38 bits per heavy atom. The summed E-state index contributed by atoms with van der Waals surface area (Å²) in [6.45, 7) is 1.37. The van der Waals surface area contributed by atoms with E-state index in [9.17, 15) is 31.7 Å². The van der Waals surface area contributed by atoms with Gasteiger partial charge in [-0.25, -0.2) is 8.42 Å². The molecule has 0 bridgehead atoms. The second kappa shape index (κ2) is 7.87. The van der Waals surface area contributed by atoms with E-state index in [4.69, 9.17) is 4.74 Å². The van der Waals surface area contributed by atoms with E-state index >= 15 is 0 Å². The van der Waals surface area contributed by atoms with Crippen LogP contribution in [0.3, 0.4) is 0 Å². The molecule has 1 aliphatic heterocycles. The van der Waals surface area contributed by atoms with Crippen molar-refractivity contribution >= 4 is 27.1 Å². The number of hydrogen-bond acceptors (Lipinski definition) is 6. The van der Waals surface area contributed by atoms with Gasteiger partial charge in [-0.2, -0.15) is 13.2 Å². The molecule has 0 aliphatic carbocycles. The summed E-state index contributed by atoms with van der Waals surface area (Å²) in [6.07, 6.45) is -4.69. The third kappa shape index (κ3) is 4.59. The first kappa shape index (κ1) is 20.9. The minimum atomic E-state index is -4.69. The van der Waals surface area contributed by atoms with E-state index in [1.165, 1.54) is 18.2 Å². The number of nitro benzene ring substituents is 1. The molecular weight excluding hydrogens is 415 g/mol. The van der Waals surface area contributed by atoms with Crippen LogP contribution in [0.4, 0.5) is 30.2 Å². The van der Waals surface area contributed by atoms with Gasteiger partial charge in [0.1, 0.15) is 0 Å². The lowest BCUT2D eigenvalue weighted by Gasteiger charge is -2.31. The van der Waals surface area contributed by atoms with E-state index in [1.54, 1.807) is 4.90 Å². The summed E-state index contributed by atoms with van der Waals surface area (Å²) >= 11 is 0. The van der Waals surface area contributed by atoms with Crippen molar-refractivity contribution in [1.29, 1.82) is 0 Å². The van der Waals surface area contributed by atoms with Crippen molar-refractivity contribution in [2.24, 2.45) is 0 Å². The Balaban J connectivity index is 2.07. The Bertz CT molecular complexity index is 1020. The van der Waals surface area contributed by atoms with Crippen molar-refractivity contribution in [2.45, 2.75) is 11.1 Å². The standard InChI is InChI=1S/C17H16F3N3O5S/c18-17(19,20)12-5-6-14(22-7-9-28-10-8-22)13(11-12)21-29(26,27)16-4-2-1-3-15(16)23(24)25/h1-6,11,21H,7-10H2. The zero-order valence-corrected chi connectivity index (χ0v) is 15.7. The summed E-state index contributed by atoms with van der Waals surface area (Å²) in [5, 5.41) is 11.2. The molecule has 156 valence electrons. The van der Waals surface area contributed by atoms with E-state index < -0.39 is 37.3 Å². The van der Waals surface area contributed by atoms with E-state index in [0.717, 1.165) is 18.2 Å².